The number of hydrogen-bond acceptors (Lipinski definition) is 6. The van der Waals surface area contributed by atoms with E-state index in [2.05, 4.69) is 10.3 Å². The van der Waals surface area contributed by atoms with Crippen molar-refractivity contribution in [3.05, 3.63) is 50.4 Å². The van der Waals surface area contributed by atoms with Gasteiger partial charge in [-0.3, -0.25) is 14.2 Å². The molecule has 0 radical (unpaired) electrons. The van der Waals surface area contributed by atoms with Crippen LogP contribution in [-0.2, 0) is 19.4 Å². The number of aromatic nitrogens is 2. The molecule has 0 fully saturated rings. The summed E-state index contributed by atoms with van der Waals surface area (Å²) in [5.41, 5.74) is 1.63. The number of hydrogen-bond donors (Lipinski definition) is 1. The Hall–Kier alpha value is -2.87. The largest absolute Gasteiger partial charge is 0.497 e. The summed E-state index contributed by atoms with van der Waals surface area (Å²) >= 11 is 1.29. The number of ether oxygens (including phenoxy) is 2. The molecule has 4 rings (SSSR count). The molecule has 8 heteroatoms. The number of carbonyl (C=O) groups excluding carboxylic acids is 1. The molecule has 3 heterocycles. The molecule has 0 aliphatic carbocycles. The molecule has 0 bridgehead atoms. The van der Waals surface area contributed by atoms with Crippen LogP contribution in [0.2, 0.25) is 0 Å². The highest BCUT2D eigenvalue weighted by molar-refractivity contribution is 7.20. The molecule has 0 saturated carbocycles. The van der Waals surface area contributed by atoms with Crippen molar-refractivity contribution >= 4 is 27.5 Å². The van der Waals surface area contributed by atoms with Gasteiger partial charge in [-0.25, -0.2) is 4.98 Å². The topological polar surface area (TPSA) is 82.4 Å². The first-order valence-corrected chi connectivity index (χ1v) is 10.4. The third kappa shape index (κ3) is 3.48. The Balaban J connectivity index is 1.53. The van der Waals surface area contributed by atoms with E-state index in [9.17, 15) is 9.59 Å². The summed E-state index contributed by atoms with van der Waals surface area (Å²) in [6, 6.07) is 5.59. The molecular weight excluding hydrogens is 390 g/mol. The van der Waals surface area contributed by atoms with Gasteiger partial charge in [-0.05, 0) is 49.1 Å². The van der Waals surface area contributed by atoms with Crippen LogP contribution >= 0.6 is 11.3 Å². The summed E-state index contributed by atoms with van der Waals surface area (Å²) in [5, 5.41) is 3.52. The van der Waals surface area contributed by atoms with Crippen molar-refractivity contribution in [1.82, 2.24) is 14.9 Å². The number of methoxy groups -OCH3 is 2. The van der Waals surface area contributed by atoms with Gasteiger partial charge in [0.25, 0.3) is 11.5 Å². The lowest BCUT2D eigenvalue weighted by molar-refractivity contribution is 0.0957. The molecule has 1 amide bonds. The highest BCUT2D eigenvalue weighted by Gasteiger charge is 2.23. The fourth-order valence-electron chi connectivity index (χ4n) is 3.76. The smallest absolute Gasteiger partial charge is 0.262 e. The summed E-state index contributed by atoms with van der Waals surface area (Å²) in [5.74, 6) is 2.13. The summed E-state index contributed by atoms with van der Waals surface area (Å²) in [6.07, 6.45) is 2.36. The molecule has 0 spiro atoms. The third-order valence-electron chi connectivity index (χ3n) is 5.29. The lowest BCUT2D eigenvalue weighted by Crippen LogP contribution is -2.26. The van der Waals surface area contributed by atoms with E-state index in [4.69, 9.17) is 9.47 Å². The van der Waals surface area contributed by atoms with Gasteiger partial charge in [-0.1, -0.05) is 0 Å². The van der Waals surface area contributed by atoms with E-state index in [1.807, 2.05) is 25.1 Å². The zero-order valence-corrected chi connectivity index (χ0v) is 17.5. The predicted octanol–water partition coefficient (Wildman–Crippen LogP) is 2.70. The Morgan fingerprint density at radius 2 is 2.14 bits per heavy atom. The minimum atomic E-state index is -0.183. The second kappa shape index (κ2) is 7.87. The number of fused-ring (bicyclic) bond motifs is 2. The number of rotatable bonds is 6. The molecule has 2 aromatic heterocycles. The van der Waals surface area contributed by atoms with Crippen LogP contribution in [0.4, 0.5) is 0 Å². The Morgan fingerprint density at radius 1 is 1.31 bits per heavy atom. The number of thiophene rings is 1. The minimum Gasteiger partial charge on any atom is -0.497 e. The van der Waals surface area contributed by atoms with Gasteiger partial charge in [0.15, 0.2) is 0 Å². The molecule has 7 nitrogen and oxygen atoms in total. The van der Waals surface area contributed by atoms with E-state index in [1.165, 1.54) is 11.3 Å². The Morgan fingerprint density at radius 3 is 2.90 bits per heavy atom. The van der Waals surface area contributed by atoms with Gasteiger partial charge < -0.3 is 14.8 Å². The third-order valence-corrected chi connectivity index (χ3v) is 6.47. The maximum Gasteiger partial charge on any atom is 0.262 e. The molecule has 3 aromatic rings. The number of benzene rings is 1. The number of carbonyl (C=O) groups is 1. The summed E-state index contributed by atoms with van der Waals surface area (Å²) in [7, 11) is 3.23. The van der Waals surface area contributed by atoms with Gasteiger partial charge in [0.1, 0.15) is 22.2 Å². The van der Waals surface area contributed by atoms with Crippen LogP contribution in [0, 0.1) is 6.92 Å². The Kier molecular flexibility index (Phi) is 5.27. The monoisotopic (exact) mass is 413 g/mol. The van der Waals surface area contributed by atoms with Gasteiger partial charge in [-0.15, -0.1) is 11.3 Å². The quantitative estimate of drug-likeness (QED) is 0.672. The number of nitrogens with zero attached hydrogens (tertiary/aromatic N) is 2. The van der Waals surface area contributed by atoms with E-state index in [-0.39, 0.29) is 11.5 Å². The maximum atomic E-state index is 12.8. The maximum absolute atomic E-state index is 12.8. The van der Waals surface area contributed by atoms with Crippen LogP contribution in [0.3, 0.4) is 0 Å². The van der Waals surface area contributed by atoms with Crippen molar-refractivity contribution in [3.8, 4) is 11.5 Å². The van der Waals surface area contributed by atoms with Gasteiger partial charge in [0, 0.05) is 19.5 Å². The average molecular weight is 413 g/mol. The molecule has 0 unspecified atom stereocenters. The molecule has 0 saturated heterocycles. The van der Waals surface area contributed by atoms with E-state index < -0.39 is 0 Å². The van der Waals surface area contributed by atoms with Crippen LogP contribution in [-0.4, -0.2) is 36.2 Å². The molecule has 29 heavy (non-hydrogen) atoms. The van der Waals surface area contributed by atoms with Crippen molar-refractivity contribution in [2.75, 3.05) is 20.8 Å². The van der Waals surface area contributed by atoms with E-state index in [0.717, 1.165) is 35.7 Å². The Bertz CT molecular complexity index is 1150. The van der Waals surface area contributed by atoms with Crippen molar-refractivity contribution in [2.24, 2.45) is 0 Å². The molecule has 1 aliphatic heterocycles. The van der Waals surface area contributed by atoms with Crippen LogP contribution < -0.4 is 20.3 Å². The lowest BCUT2D eigenvalue weighted by Gasteiger charge is -2.11. The van der Waals surface area contributed by atoms with Crippen molar-refractivity contribution in [2.45, 2.75) is 32.7 Å². The van der Waals surface area contributed by atoms with Crippen molar-refractivity contribution in [3.63, 3.8) is 0 Å². The first-order chi connectivity index (χ1) is 14.0. The van der Waals surface area contributed by atoms with Crippen LogP contribution in [0.1, 0.15) is 33.0 Å². The highest BCUT2D eigenvalue weighted by Crippen LogP contribution is 2.29. The zero-order valence-electron chi connectivity index (χ0n) is 16.7. The SMILES string of the molecule is COc1ccc(OC)c(CCNC(=O)c2sc3nc4n(c(=O)c3c2C)CCC4)c1. The fourth-order valence-corrected chi connectivity index (χ4v) is 4.87. The number of amides is 1. The molecule has 1 aliphatic rings. The lowest BCUT2D eigenvalue weighted by atomic mass is 10.1. The van der Waals surface area contributed by atoms with E-state index in [1.54, 1.807) is 18.8 Å². The number of aryl methyl sites for hydroxylation is 2. The summed E-state index contributed by atoms with van der Waals surface area (Å²) in [4.78, 5) is 31.4. The molecule has 0 atom stereocenters. The second-order valence-corrected chi connectivity index (χ2v) is 8.01. The van der Waals surface area contributed by atoms with Gasteiger partial charge >= 0.3 is 0 Å². The molecule has 152 valence electrons. The van der Waals surface area contributed by atoms with E-state index in [0.29, 0.717) is 40.2 Å². The number of nitrogens with one attached hydrogen (secondary N) is 1. The van der Waals surface area contributed by atoms with Gasteiger partial charge in [0.05, 0.1) is 24.5 Å². The first kappa shape index (κ1) is 19.4. The molecule has 1 N–H and O–H groups in total. The summed E-state index contributed by atoms with van der Waals surface area (Å²) < 4.78 is 12.4. The highest BCUT2D eigenvalue weighted by atomic mass is 32.1. The second-order valence-electron chi connectivity index (χ2n) is 7.01. The van der Waals surface area contributed by atoms with Crippen molar-refractivity contribution < 1.29 is 14.3 Å². The first-order valence-electron chi connectivity index (χ1n) is 9.55. The van der Waals surface area contributed by atoms with Crippen LogP contribution in [0.5, 0.6) is 11.5 Å². The molecular formula is C21H23N3O4S. The molecule has 1 aromatic carbocycles. The van der Waals surface area contributed by atoms with Crippen molar-refractivity contribution in [1.29, 1.82) is 0 Å². The minimum absolute atomic E-state index is 0.0311. The predicted molar refractivity (Wildman–Crippen MR) is 113 cm³/mol. The standard InChI is InChI=1S/C21H23N3O4S/c1-12-17-20(23-16-5-4-10-24(16)21(17)26)29-18(12)19(25)22-9-8-13-11-14(27-2)6-7-15(13)28-3/h6-7,11H,4-5,8-10H2,1-3H3,(H,22,25). The Labute approximate surface area is 172 Å². The average Bonchev–Trinajstić information content (AvgIpc) is 3.33. The van der Waals surface area contributed by atoms with E-state index >= 15 is 0 Å². The van der Waals surface area contributed by atoms with Gasteiger partial charge in [0.2, 0.25) is 0 Å². The summed E-state index contributed by atoms with van der Waals surface area (Å²) in [6.45, 7) is 2.97. The fraction of sp³-hybridized carbons (Fsp3) is 0.381. The van der Waals surface area contributed by atoms with Gasteiger partial charge in [-0.2, -0.15) is 0 Å². The normalized spacial score (nSPS) is 12.8. The zero-order chi connectivity index (χ0) is 20.5. The van der Waals surface area contributed by atoms with Crippen LogP contribution in [0.25, 0.3) is 10.2 Å². The van der Waals surface area contributed by atoms with Crippen LogP contribution in [0.15, 0.2) is 23.0 Å².